The zero-order chi connectivity index (χ0) is 38.5. The van der Waals surface area contributed by atoms with E-state index in [1.54, 1.807) is 21.6 Å². The number of carboxylic acid groups (broad SMARTS) is 1. The molecule has 290 valence electrons. The van der Waals surface area contributed by atoms with E-state index in [4.69, 9.17) is 10.2 Å². The van der Waals surface area contributed by atoms with Crippen molar-refractivity contribution in [1.29, 1.82) is 0 Å². The van der Waals surface area contributed by atoms with Crippen molar-refractivity contribution in [3.63, 3.8) is 0 Å². The van der Waals surface area contributed by atoms with Crippen LogP contribution in [0, 0.1) is 11.7 Å². The van der Waals surface area contributed by atoms with E-state index in [1.807, 2.05) is 30.1 Å². The first kappa shape index (κ1) is 37.8. The van der Waals surface area contributed by atoms with E-state index in [0.717, 1.165) is 29.4 Å². The van der Waals surface area contributed by atoms with Crippen molar-refractivity contribution in [2.45, 2.75) is 103 Å². The van der Waals surface area contributed by atoms with Crippen LogP contribution in [-0.2, 0) is 45.9 Å². The van der Waals surface area contributed by atoms with Gasteiger partial charge in [-0.25, -0.2) is 9.07 Å². The van der Waals surface area contributed by atoms with Gasteiger partial charge in [-0.2, -0.15) is 10.2 Å². The van der Waals surface area contributed by atoms with Crippen molar-refractivity contribution in [2.75, 3.05) is 13.1 Å². The molecule has 3 aromatic heterocycles. The summed E-state index contributed by atoms with van der Waals surface area (Å²) in [5.74, 6) is -1.25. The third-order valence-electron chi connectivity index (χ3n) is 11.2. The number of benzene rings is 2. The lowest BCUT2D eigenvalue weighted by molar-refractivity contribution is -0.138. The molecule has 0 unspecified atom stereocenters. The number of carboxylic acids is 1. The lowest BCUT2D eigenvalue weighted by Gasteiger charge is -2.31. The summed E-state index contributed by atoms with van der Waals surface area (Å²) in [5.41, 5.74) is 3.63. The average molecular weight is 754 g/mol. The summed E-state index contributed by atoms with van der Waals surface area (Å²) in [6, 6.07) is 8.83. The number of nitrogens with one attached hydrogen (secondary N) is 1. The van der Waals surface area contributed by atoms with Crippen LogP contribution in [0.3, 0.4) is 0 Å². The van der Waals surface area contributed by atoms with E-state index < -0.39 is 11.8 Å². The molecule has 55 heavy (non-hydrogen) atoms. The number of ketones is 1. The second-order valence-electron chi connectivity index (χ2n) is 15.1. The van der Waals surface area contributed by atoms with Gasteiger partial charge in [0, 0.05) is 61.7 Å². The van der Waals surface area contributed by atoms with Crippen LogP contribution in [0.15, 0.2) is 42.7 Å². The zero-order valence-corrected chi connectivity index (χ0v) is 31.3. The van der Waals surface area contributed by atoms with Crippen molar-refractivity contribution >= 4 is 45.4 Å². The van der Waals surface area contributed by atoms with E-state index in [9.17, 15) is 19.2 Å². The summed E-state index contributed by atoms with van der Waals surface area (Å²) in [4.78, 5) is 52.3. The molecule has 4 heterocycles. The largest absolute Gasteiger partial charge is 0.480 e. The zero-order valence-electron chi connectivity index (χ0n) is 31.3. The van der Waals surface area contributed by atoms with Gasteiger partial charge in [-0.05, 0) is 42.5 Å². The molecular formula is C40H48FN9O5. The highest BCUT2D eigenvalue weighted by molar-refractivity contribution is 6.00. The second-order valence-corrected chi connectivity index (χ2v) is 15.1. The highest BCUT2D eigenvalue weighted by atomic mass is 19.1. The van der Waals surface area contributed by atoms with Gasteiger partial charge in [0.25, 0.3) is 0 Å². The molecule has 5 aromatic rings. The van der Waals surface area contributed by atoms with Crippen LogP contribution < -0.4 is 5.32 Å². The number of likely N-dealkylation sites (tertiary alicyclic amines) is 1. The lowest BCUT2D eigenvalue weighted by Crippen LogP contribution is -2.38. The van der Waals surface area contributed by atoms with E-state index in [-0.39, 0.29) is 56.0 Å². The third-order valence-corrected chi connectivity index (χ3v) is 11.2. The maximum absolute atomic E-state index is 15.9. The van der Waals surface area contributed by atoms with Crippen LogP contribution in [-0.4, -0.2) is 81.2 Å². The van der Waals surface area contributed by atoms with E-state index in [1.165, 1.54) is 49.0 Å². The molecule has 2 fully saturated rings. The fourth-order valence-corrected chi connectivity index (χ4v) is 8.26. The summed E-state index contributed by atoms with van der Waals surface area (Å²) < 4.78 is 20.4. The van der Waals surface area contributed by atoms with Crippen LogP contribution in [0.5, 0.6) is 0 Å². The molecule has 1 saturated carbocycles. The maximum Gasteiger partial charge on any atom is 0.325 e. The topological polar surface area (TPSA) is 170 Å². The van der Waals surface area contributed by atoms with Gasteiger partial charge in [0.15, 0.2) is 0 Å². The van der Waals surface area contributed by atoms with E-state index >= 15 is 4.39 Å². The first-order valence-corrected chi connectivity index (χ1v) is 19.4. The van der Waals surface area contributed by atoms with Crippen molar-refractivity contribution in [2.24, 2.45) is 13.0 Å². The molecule has 0 spiro atoms. The van der Waals surface area contributed by atoms with Gasteiger partial charge >= 0.3 is 5.97 Å². The molecule has 0 atom stereocenters. The fraction of sp³-hybridized carbons (Fsp3) is 0.500. The number of aliphatic carboxylic acids is 1. The normalized spacial score (nSPS) is 16.0. The summed E-state index contributed by atoms with van der Waals surface area (Å²) in [5, 5.41) is 30.3. The Labute approximate surface area is 318 Å². The predicted molar refractivity (Wildman–Crippen MR) is 202 cm³/mol. The molecule has 2 amide bonds. The monoisotopic (exact) mass is 753 g/mol. The number of Topliss-reactive ketones (excluding diaryl/α,β-unsaturated/α-hetero) is 1. The van der Waals surface area contributed by atoms with Gasteiger partial charge in [0.2, 0.25) is 11.8 Å². The number of nitrogens with zero attached hydrogens (tertiary/aromatic N) is 8. The number of aryl methyl sites for hydroxylation is 1. The lowest BCUT2D eigenvalue weighted by atomic mass is 9.87. The summed E-state index contributed by atoms with van der Waals surface area (Å²) in [6.07, 6.45) is 13.8. The molecular weight excluding hydrogens is 705 g/mol. The number of amides is 2. The minimum absolute atomic E-state index is 0.00763. The van der Waals surface area contributed by atoms with Gasteiger partial charge < -0.3 is 15.3 Å². The van der Waals surface area contributed by atoms with Crippen molar-refractivity contribution < 1.29 is 28.7 Å². The van der Waals surface area contributed by atoms with Crippen molar-refractivity contribution in [3.8, 4) is 11.1 Å². The number of hydrogen-bond donors (Lipinski definition) is 2. The van der Waals surface area contributed by atoms with Gasteiger partial charge in [0.05, 0.1) is 35.7 Å². The Morgan fingerprint density at radius 2 is 1.69 bits per heavy atom. The Balaban J connectivity index is 1.08. The van der Waals surface area contributed by atoms with Crippen LogP contribution in [0.2, 0.25) is 0 Å². The SMILES string of the molecule is Cn1ncc2cc(F)c(-c3cccc4c3c(C3CCN(C(=O)CCC(=O)CC5CCCCCCC5)CC3)nn4CC(=O)NCc3cn(CC(=O)O)nn3)cc21. The van der Waals surface area contributed by atoms with Crippen LogP contribution in [0.4, 0.5) is 4.39 Å². The Morgan fingerprint density at radius 1 is 0.927 bits per heavy atom. The van der Waals surface area contributed by atoms with E-state index in [0.29, 0.717) is 66.0 Å². The number of carbonyl (C=O) groups excluding carboxylic acids is 3. The van der Waals surface area contributed by atoms with Crippen LogP contribution in [0.25, 0.3) is 32.9 Å². The Bertz CT molecular complexity index is 2190. The second kappa shape index (κ2) is 16.9. The first-order valence-electron chi connectivity index (χ1n) is 19.4. The van der Waals surface area contributed by atoms with Crippen molar-refractivity contribution in [3.05, 3.63) is 59.9 Å². The predicted octanol–water partition coefficient (Wildman–Crippen LogP) is 5.53. The Hall–Kier alpha value is -5.47. The quantitative estimate of drug-likeness (QED) is 0.157. The third kappa shape index (κ3) is 8.92. The van der Waals surface area contributed by atoms with E-state index in [2.05, 4.69) is 20.7 Å². The number of carbonyl (C=O) groups is 4. The molecule has 1 aliphatic heterocycles. The molecule has 2 aromatic carbocycles. The molecule has 14 nitrogen and oxygen atoms in total. The standard InChI is InChI=1S/C40H48FN9O5/c1-47-35-20-32(33(41)19-28(35)21-43-47)31-10-7-11-34-39(31)40(45-50(34)24-36(52)42-22-29-23-49(46-44-29)25-38(54)55)27-14-16-48(17-15-27)37(53)13-12-30(51)18-26-8-5-3-2-4-6-9-26/h7,10-11,19-21,23,26-27H,2-6,8-9,12-18,22,24-25H2,1H3,(H,42,52)(H,54,55). The number of hydrogen-bond acceptors (Lipinski definition) is 8. The number of rotatable bonds is 13. The fourth-order valence-electron chi connectivity index (χ4n) is 8.26. The number of fused-ring (bicyclic) bond motifs is 2. The number of aromatic nitrogens is 7. The molecule has 2 aliphatic rings. The Morgan fingerprint density at radius 3 is 2.45 bits per heavy atom. The maximum atomic E-state index is 15.9. The highest BCUT2D eigenvalue weighted by Gasteiger charge is 2.30. The minimum atomic E-state index is -1.05. The molecule has 7 rings (SSSR count). The smallest absolute Gasteiger partial charge is 0.325 e. The summed E-state index contributed by atoms with van der Waals surface area (Å²) >= 11 is 0. The van der Waals surface area contributed by atoms with Crippen LogP contribution in [0.1, 0.15) is 94.4 Å². The summed E-state index contributed by atoms with van der Waals surface area (Å²) in [6.45, 7) is 0.597. The summed E-state index contributed by atoms with van der Waals surface area (Å²) in [7, 11) is 1.81. The average Bonchev–Trinajstić information content (AvgIpc) is 3.87. The van der Waals surface area contributed by atoms with Crippen LogP contribution >= 0.6 is 0 Å². The first-order chi connectivity index (χ1) is 26.6. The van der Waals surface area contributed by atoms with Gasteiger partial charge in [-0.1, -0.05) is 62.3 Å². The Kier molecular flexibility index (Phi) is 11.6. The van der Waals surface area contributed by atoms with Gasteiger partial charge in [-0.3, -0.25) is 28.5 Å². The van der Waals surface area contributed by atoms with Crippen molar-refractivity contribution in [1.82, 2.24) is 44.8 Å². The van der Waals surface area contributed by atoms with Gasteiger partial charge in [0.1, 0.15) is 30.4 Å². The highest BCUT2D eigenvalue weighted by Crippen LogP contribution is 2.40. The number of piperidine rings is 1. The molecule has 15 heteroatoms. The molecule has 1 saturated heterocycles. The molecule has 2 N–H and O–H groups in total. The minimum Gasteiger partial charge on any atom is -0.480 e. The molecule has 0 bridgehead atoms. The number of halogens is 1. The van der Waals surface area contributed by atoms with Gasteiger partial charge in [-0.15, -0.1) is 5.10 Å². The molecule has 0 radical (unpaired) electrons. The molecule has 1 aliphatic carbocycles.